The van der Waals surface area contributed by atoms with Gasteiger partial charge in [-0.25, -0.2) is 0 Å². The van der Waals surface area contributed by atoms with Crippen molar-refractivity contribution in [2.75, 3.05) is 33.2 Å². The molecule has 1 heterocycles. The van der Waals surface area contributed by atoms with Crippen LogP contribution in [0.15, 0.2) is 41.5 Å². The van der Waals surface area contributed by atoms with E-state index in [1.165, 1.54) is 0 Å². The molecule has 1 unspecified atom stereocenters. The lowest BCUT2D eigenvalue weighted by Crippen LogP contribution is -2.49. The minimum absolute atomic E-state index is 0.0191. The number of fused-ring (bicyclic) bond motifs is 1. The van der Waals surface area contributed by atoms with Crippen molar-refractivity contribution in [3.8, 4) is 5.75 Å². The van der Waals surface area contributed by atoms with Crippen LogP contribution in [0.1, 0.15) is 12.5 Å². The monoisotopic (exact) mass is 325 g/mol. The molecule has 0 spiro atoms. The smallest absolute Gasteiger partial charge is 0.149 e. The van der Waals surface area contributed by atoms with Gasteiger partial charge < -0.3 is 9.64 Å². The van der Waals surface area contributed by atoms with Gasteiger partial charge in [0.25, 0.3) is 0 Å². The summed E-state index contributed by atoms with van der Waals surface area (Å²) in [5.74, 6) is 0.826. The molecule has 1 aliphatic heterocycles. The van der Waals surface area contributed by atoms with E-state index >= 15 is 0 Å². The van der Waals surface area contributed by atoms with Gasteiger partial charge in [0.05, 0.1) is 6.54 Å². The van der Waals surface area contributed by atoms with Crippen LogP contribution in [0.25, 0.3) is 21.2 Å². The number of piperazine rings is 1. The molecule has 1 atom stereocenters. The summed E-state index contributed by atoms with van der Waals surface area (Å²) < 4.78 is 6.35. The second-order valence-corrected chi connectivity index (χ2v) is 6.22. The second kappa shape index (κ2) is 7.53. The summed E-state index contributed by atoms with van der Waals surface area (Å²) in [6.07, 6.45) is -0.0191. The highest BCUT2D eigenvalue weighted by Gasteiger charge is 2.21. The highest BCUT2D eigenvalue weighted by Crippen LogP contribution is 2.32. The zero-order chi connectivity index (χ0) is 16.9. The minimum Gasteiger partial charge on any atom is -0.474 e. The van der Waals surface area contributed by atoms with E-state index in [0.29, 0.717) is 6.54 Å². The van der Waals surface area contributed by atoms with Crippen LogP contribution in [0.2, 0.25) is 0 Å². The van der Waals surface area contributed by atoms with Gasteiger partial charge in [0, 0.05) is 42.0 Å². The minimum atomic E-state index is -0.0191. The Morgan fingerprint density at radius 3 is 2.67 bits per heavy atom. The van der Waals surface area contributed by atoms with Gasteiger partial charge in [-0.3, -0.25) is 4.90 Å². The molecule has 0 aliphatic carbocycles. The first-order valence-electron chi connectivity index (χ1n) is 8.30. The molecule has 3 rings (SSSR count). The van der Waals surface area contributed by atoms with Crippen molar-refractivity contribution in [2.45, 2.75) is 19.7 Å². The average molecular weight is 325 g/mol. The Bertz CT molecular complexity index is 748. The molecule has 1 fully saturated rings. The van der Waals surface area contributed by atoms with Crippen LogP contribution >= 0.6 is 0 Å². The van der Waals surface area contributed by atoms with Crippen molar-refractivity contribution in [3.05, 3.63) is 52.4 Å². The third-order valence-corrected chi connectivity index (χ3v) is 4.61. The summed E-state index contributed by atoms with van der Waals surface area (Å²) in [7, 11) is 2.14. The van der Waals surface area contributed by atoms with Crippen LogP contribution in [-0.4, -0.2) is 49.3 Å². The Morgan fingerprint density at radius 2 is 1.92 bits per heavy atom. The maximum Gasteiger partial charge on any atom is 0.149 e. The van der Waals surface area contributed by atoms with Gasteiger partial charge >= 0.3 is 0 Å². The summed E-state index contributed by atoms with van der Waals surface area (Å²) in [6.45, 7) is 6.47. The fraction of sp³-hybridized carbons (Fsp3) is 0.444. The maximum absolute atomic E-state index is 8.65. The van der Waals surface area contributed by atoms with Crippen LogP contribution in [-0.2, 0) is 6.54 Å². The zero-order valence-electron chi connectivity index (χ0n) is 14.2. The van der Waals surface area contributed by atoms with E-state index in [1.54, 1.807) is 0 Å². The maximum atomic E-state index is 8.65. The number of likely N-dealkylation sites (N-methyl/N-ethyl adjacent to an activating group) is 1. The first kappa shape index (κ1) is 16.6. The third-order valence-electron chi connectivity index (χ3n) is 4.61. The summed E-state index contributed by atoms with van der Waals surface area (Å²) >= 11 is 0. The van der Waals surface area contributed by atoms with E-state index in [1.807, 2.05) is 24.3 Å². The SMILES string of the molecule is CC(Oc1c(CN=[N+]=[N-])ccc2ccccc12)N1CCN(C)CC1. The van der Waals surface area contributed by atoms with E-state index in [0.717, 1.165) is 48.3 Å². The summed E-state index contributed by atoms with van der Waals surface area (Å²) in [6, 6.07) is 12.2. The number of hydrogen-bond acceptors (Lipinski definition) is 4. The molecule has 0 N–H and O–H groups in total. The Labute approximate surface area is 142 Å². The topological polar surface area (TPSA) is 64.5 Å². The molecular formula is C18H23N5O. The molecule has 0 saturated carbocycles. The Kier molecular flexibility index (Phi) is 5.20. The molecule has 6 nitrogen and oxygen atoms in total. The van der Waals surface area contributed by atoms with Crippen LogP contribution in [0.4, 0.5) is 0 Å². The molecule has 24 heavy (non-hydrogen) atoms. The highest BCUT2D eigenvalue weighted by atomic mass is 16.5. The molecule has 0 amide bonds. The Hall–Kier alpha value is -2.27. The van der Waals surface area contributed by atoms with Crippen LogP contribution in [0.5, 0.6) is 5.75 Å². The van der Waals surface area contributed by atoms with Crippen molar-refractivity contribution in [2.24, 2.45) is 5.11 Å². The van der Waals surface area contributed by atoms with Gasteiger partial charge in [0.15, 0.2) is 0 Å². The predicted octanol–water partition coefficient (Wildman–Crippen LogP) is 3.62. The zero-order valence-corrected chi connectivity index (χ0v) is 14.2. The van der Waals surface area contributed by atoms with E-state index in [2.05, 4.69) is 45.9 Å². The van der Waals surface area contributed by atoms with Crippen molar-refractivity contribution in [1.29, 1.82) is 0 Å². The van der Waals surface area contributed by atoms with Gasteiger partial charge in [-0.2, -0.15) is 0 Å². The Morgan fingerprint density at radius 1 is 1.17 bits per heavy atom. The first-order chi connectivity index (χ1) is 11.7. The van der Waals surface area contributed by atoms with E-state index in [-0.39, 0.29) is 6.23 Å². The molecule has 0 radical (unpaired) electrons. The molecule has 0 bridgehead atoms. The fourth-order valence-corrected chi connectivity index (χ4v) is 3.09. The Balaban J connectivity index is 1.89. The number of ether oxygens (including phenoxy) is 1. The highest BCUT2D eigenvalue weighted by molar-refractivity contribution is 5.89. The van der Waals surface area contributed by atoms with Crippen molar-refractivity contribution >= 4 is 10.8 Å². The standard InChI is InChI=1S/C18H23N5O/c1-14(23-11-9-22(2)10-12-23)24-18-16(13-20-21-19)8-7-15-5-3-4-6-17(15)18/h3-8,14H,9-13H2,1-2H3. The molecule has 0 aromatic heterocycles. The first-order valence-corrected chi connectivity index (χ1v) is 8.30. The summed E-state index contributed by atoms with van der Waals surface area (Å²) in [4.78, 5) is 7.56. The predicted molar refractivity (Wildman–Crippen MR) is 96.0 cm³/mol. The van der Waals surface area contributed by atoms with Gasteiger partial charge in [-0.1, -0.05) is 41.5 Å². The number of hydrogen-bond donors (Lipinski definition) is 0. The molecule has 126 valence electrons. The average Bonchev–Trinajstić information content (AvgIpc) is 2.61. The van der Waals surface area contributed by atoms with Gasteiger partial charge in [-0.05, 0) is 24.9 Å². The van der Waals surface area contributed by atoms with E-state index in [4.69, 9.17) is 10.3 Å². The van der Waals surface area contributed by atoms with Crippen LogP contribution in [0, 0.1) is 0 Å². The summed E-state index contributed by atoms with van der Waals surface area (Å²) in [5.41, 5.74) is 9.57. The van der Waals surface area contributed by atoms with Crippen molar-refractivity contribution in [3.63, 3.8) is 0 Å². The van der Waals surface area contributed by atoms with Gasteiger partial charge in [0.2, 0.25) is 0 Å². The lowest BCUT2D eigenvalue weighted by Gasteiger charge is -2.36. The molecule has 1 saturated heterocycles. The number of benzene rings is 2. The van der Waals surface area contributed by atoms with Gasteiger partial charge in [0.1, 0.15) is 12.0 Å². The molecule has 6 heteroatoms. The van der Waals surface area contributed by atoms with Crippen LogP contribution < -0.4 is 4.74 Å². The molecule has 2 aromatic rings. The van der Waals surface area contributed by atoms with Gasteiger partial charge in [-0.15, -0.1) is 0 Å². The molecular weight excluding hydrogens is 302 g/mol. The quantitative estimate of drug-likeness (QED) is 0.479. The van der Waals surface area contributed by atoms with Crippen molar-refractivity contribution < 1.29 is 4.74 Å². The largest absolute Gasteiger partial charge is 0.474 e. The molecule has 1 aliphatic rings. The van der Waals surface area contributed by atoms with Crippen molar-refractivity contribution in [1.82, 2.24) is 9.80 Å². The number of nitrogens with zero attached hydrogens (tertiary/aromatic N) is 5. The summed E-state index contributed by atoms with van der Waals surface area (Å²) in [5, 5.41) is 5.91. The second-order valence-electron chi connectivity index (χ2n) is 6.22. The number of azide groups is 1. The van der Waals surface area contributed by atoms with E-state index in [9.17, 15) is 0 Å². The number of rotatable bonds is 5. The fourth-order valence-electron chi connectivity index (χ4n) is 3.09. The lowest BCUT2D eigenvalue weighted by atomic mass is 10.1. The van der Waals surface area contributed by atoms with E-state index < -0.39 is 0 Å². The molecule has 2 aromatic carbocycles. The third kappa shape index (κ3) is 3.62. The normalized spacial score (nSPS) is 17.4. The lowest BCUT2D eigenvalue weighted by molar-refractivity contribution is 0.00945. The van der Waals surface area contributed by atoms with Crippen LogP contribution in [0.3, 0.4) is 0 Å².